The van der Waals surface area contributed by atoms with E-state index < -0.39 is 0 Å². The molecular formula is C8H9BLi. The molecule has 0 aliphatic rings. The quantitative estimate of drug-likeness (QED) is 0.252. The number of hydrogen-bond acceptors (Lipinski definition) is 0. The Kier molecular flexibility index (Phi) is 2060. The number of terminal acetylenes is 4. The normalized spacial score (nSPS) is 0.800. The van der Waals surface area contributed by atoms with Gasteiger partial charge in [0.15, 0.2) is 0 Å². The van der Waals surface area contributed by atoms with Gasteiger partial charge in [-0.3, -0.25) is 0 Å². The molecule has 10 heavy (non-hydrogen) atoms. The van der Waals surface area contributed by atoms with Crippen molar-refractivity contribution in [3.8, 4) is 51.4 Å². The maximum absolute atomic E-state index is 4.00. The summed E-state index contributed by atoms with van der Waals surface area (Å²) in [7, 11) is 0. The molecule has 0 nitrogen and oxygen atoms in total. The van der Waals surface area contributed by atoms with E-state index in [1.807, 2.05) is 0 Å². The van der Waals surface area contributed by atoms with Crippen LogP contribution < -0.4 is 18.9 Å². The molecule has 0 aromatic rings. The van der Waals surface area contributed by atoms with Crippen LogP contribution in [0.2, 0.25) is 0 Å². The van der Waals surface area contributed by atoms with Crippen molar-refractivity contribution >= 4 is 8.41 Å². The van der Waals surface area contributed by atoms with Crippen LogP contribution in [0.4, 0.5) is 0 Å². The van der Waals surface area contributed by atoms with E-state index >= 15 is 0 Å². The summed E-state index contributed by atoms with van der Waals surface area (Å²) in [6.45, 7) is 0. The molecule has 0 amide bonds. The van der Waals surface area contributed by atoms with Crippen molar-refractivity contribution in [3.05, 3.63) is 0 Å². The van der Waals surface area contributed by atoms with Gasteiger partial charge in [0.05, 0.1) is 0 Å². The van der Waals surface area contributed by atoms with E-state index in [0.29, 0.717) is 0 Å². The van der Waals surface area contributed by atoms with Crippen molar-refractivity contribution in [2.24, 2.45) is 0 Å². The van der Waals surface area contributed by atoms with E-state index in [9.17, 15) is 0 Å². The van der Waals surface area contributed by atoms with Gasteiger partial charge in [-0.1, -0.05) is 0 Å². The standard InChI is InChI=1S/4C2H2.B.Li.H/c4*1-2;;;/h4*1-2H;;;/q;;;;;+1;-1. The van der Waals surface area contributed by atoms with Crippen molar-refractivity contribution in [3.63, 3.8) is 0 Å². The minimum absolute atomic E-state index is 0. The molecule has 3 radical (unpaired) electrons. The molecule has 0 aromatic carbocycles. The van der Waals surface area contributed by atoms with Gasteiger partial charge in [-0.2, -0.15) is 0 Å². The van der Waals surface area contributed by atoms with Crippen LogP contribution in [-0.4, -0.2) is 8.41 Å². The molecule has 2 heteroatoms. The van der Waals surface area contributed by atoms with Crippen molar-refractivity contribution in [1.82, 2.24) is 0 Å². The van der Waals surface area contributed by atoms with Crippen LogP contribution >= 0.6 is 0 Å². The Morgan fingerprint density at radius 3 is 0.500 bits per heavy atom. The van der Waals surface area contributed by atoms with Crippen LogP contribution in [0.3, 0.4) is 0 Å². The molecule has 0 bridgehead atoms. The third-order valence-electron chi connectivity index (χ3n) is 0. The summed E-state index contributed by atoms with van der Waals surface area (Å²) in [5.74, 6) is 0. The summed E-state index contributed by atoms with van der Waals surface area (Å²) in [5.41, 5.74) is 0. The Balaban J connectivity index is -0.00000000356. The Morgan fingerprint density at radius 1 is 0.500 bits per heavy atom. The van der Waals surface area contributed by atoms with Gasteiger partial charge >= 0.3 is 18.9 Å². The molecule has 0 saturated heterocycles. The third kappa shape index (κ3) is 200. The summed E-state index contributed by atoms with van der Waals surface area (Å²) < 4.78 is 0. The SMILES string of the molecule is C#C.C#C.C#C.C#C.[B].[H-].[Li+]. The van der Waals surface area contributed by atoms with Crippen LogP contribution in [-0.2, 0) is 0 Å². The molecule has 0 fully saturated rings. The largest absolute Gasteiger partial charge is 1.00 e. The zero-order valence-corrected chi connectivity index (χ0v) is 6.20. The summed E-state index contributed by atoms with van der Waals surface area (Å²) >= 11 is 0. The smallest absolute Gasteiger partial charge is 1.00 e. The van der Waals surface area contributed by atoms with E-state index in [1.54, 1.807) is 0 Å². The van der Waals surface area contributed by atoms with Crippen LogP contribution in [0.5, 0.6) is 0 Å². The van der Waals surface area contributed by atoms with Crippen molar-refractivity contribution in [1.29, 1.82) is 0 Å². The molecule has 0 rings (SSSR count). The second-order valence-electron chi connectivity index (χ2n) is 0. The first-order chi connectivity index (χ1) is 4.00. The molecule has 0 aliphatic carbocycles. The van der Waals surface area contributed by atoms with Crippen LogP contribution in [0.25, 0.3) is 0 Å². The molecule has 0 heterocycles. The van der Waals surface area contributed by atoms with E-state index in [1.165, 1.54) is 0 Å². The first kappa shape index (κ1) is 66.0. The molecule has 0 saturated carbocycles. The molecule has 0 aliphatic heterocycles. The molecule has 0 atom stereocenters. The summed E-state index contributed by atoms with van der Waals surface area (Å²) in [6, 6.07) is 0. The van der Waals surface area contributed by atoms with Gasteiger partial charge in [-0.05, 0) is 0 Å². The Morgan fingerprint density at radius 2 is 0.500 bits per heavy atom. The van der Waals surface area contributed by atoms with Gasteiger partial charge < -0.3 is 1.43 Å². The van der Waals surface area contributed by atoms with Gasteiger partial charge in [0.25, 0.3) is 0 Å². The summed E-state index contributed by atoms with van der Waals surface area (Å²) in [6.07, 6.45) is 32.0. The molecule has 45 valence electrons. The predicted octanol–water partition coefficient (Wildman–Crippen LogP) is -2.27. The minimum atomic E-state index is 0. The molecular weight excluding hydrogens is 114 g/mol. The van der Waals surface area contributed by atoms with E-state index in [-0.39, 0.29) is 28.7 Å². The van der Waals surface area contributed by atoms with Crippen LogP contribution in [0, 0.1) is 51.4 Å². The average Bonchev–Trinajstić information content (AvgIpc) is 2.03. The van der Waals surface area contributed by atoms with Crippen LogP contribution in [0.15, 0.2) is 0 Å². The fraction of sp³-hybridized carbons (Fsp3) is 0. The van der Waals surface area contributed by atoms with E-state index in [0.717, 1.165) is 0 Å². The van der Waals surface area contributed by atoms with Gasteiger partial charge in [-0.25, -0.2) is 0 Å². The Labute approximate surface area is 80.4 Å². The fourth-order valence-electron chi connectivity index (χ4n) is 0. The zero-order valence-electron chi connectivity index (χ0n) is 7.20. The first-order valence-corrected chi connectivity index (χ1v) is 1.33. The second kappa shape index (κ2) is 312. The Bertz CT molecular complexity index is 57.1. The van der Waals surface area contributed by atoms with Gasteiger partial charge in [0.2, 0.25) is 0 Å². The molecule has 0 spiro atoms. The maximum atomic E-state index is 4.00. The van der Waals surface area contributed by atoms with Crippen molar-refractivity contribution in [2.45, 2.75) is 0 Å². The van der Waals surface area contributed by atoms with Gasteiger partial charge in [-0.15, -0.1) is 51.4 Å². The fourth-order valence-corrected chi connectivity index (χ4v) is 0. The predicted molar refractivity (Wildman–Crippen MR) is 46.4 cm³/mol. The first-order valence-electron chi connectivity index (χ1n) is 1.33. The minimum Gasteiger partial charge on any atom is -1.00 e. The molecule has 0 N–H and O–H groups in total. The van der Waals surface area contributed by atoms with Crippen LogP contribution in [0.1, 0.15) is 1.43 Å². The van der Waals surface area contributed by atoms with Crippen molar-refractivity contribution < 1.29 is 20.3 Å². The Hall–Kier alpha value is -1.10. The van der Waals surface area contributed by atoms with Crippen molar-refractivity contribution in [2.75, 3.05) is 0 Å². The summed E-state index contributed by atoms with van der Waals surface area (Å²) in [5, 5.41) is 0. The number of rotatable bonds is 0. The number of hydrogen-bond donors (Lipinski definition) is 0. The average molecular weight is 123 g/mol. The maximum Gasteiger partial charge on any atom is 1.00 e. The molecule has 0 aromatic heterocycles. The van der Waals surface area contributed by atoms with E-state index in [2.05, 4.69) is 51.4 Å². The summed E-state index contributed by atoms with van der Waals surface area (Å²) in [4.78, 5) is 0. The molecule has 0 unspecified atom stereocenters. The zero-order chi connectivity index (χ0) is 8.00. The van der Waals surface area contributed by atoms with Gasteiger partial charge in [0, 0.05) is 8.41 Å². The van der Waals surface area contributed by atoms with E-state index in [4.69, 9.17) is 0 Å². The topological polar surface area (TPSA) is 0 Å². The monoisotopic (exact) mass is 123 g/mol. The second-order valence-corrected chi connectivity index (χ2v) is 0. The third-order valence-corrected chi connectivity index (χ3v) is 0. The van der Waals surface area contributed by atoms with Gasteiger partial charge in [0.1, 0.15) is 0 Å².